The van der Waals surface area contributed by atoms with Crippen molar-refractivity contribution in [1.82, 2.24) is 0 Å². The van der Waals surface area contributed by atoms with Crippen molar-refractivity contribution in [2.24, 2.45) is 0 Å². The molecule has 1 amide bonds. The second kappa shape index (κ2) is 5.66. The first-order valence-corrected chi connectivity index (χ1v) is 5.02. The zero-order chi connectivity index (χ0) is 12.8. The number of benzene rings is 1. The minimum atomic E-state index is -0.890. The van der Waals surface area contributed by atoms with E-state index >= 15 is 0 Å². The van der Waals surface area contributed by atoms with Crippen LogP contribution in [0.4, 0.5) is 5.69 Å². The van der Waals surface area contributed by atoms with Crippen LogP contribution >= 0.6 is 0 Å². The maximum Gasteiger partial charge on any atom is 0.303 e. The minimum Gasteiger partial charge on any atom is -0.453 e. The predicted octanol–water partition coefficient (Wildman–Crippen LogP) is 1.45. The van der Waals surface area contributed by atoms with Gasteiger partial charge in [0.1, 0.15) is 6.07 Å². The van der Waals surface area contributed by atoms with E-state index in [-0.39, 0.29) is 0 Å². The third-order valence-corrected chi connectivity index (χ3v) is 2.02. The molecule has 0 saturated heterocycles. The van der Waals surface area contributed by atoms with Gasteiger partial charge in [-0.25, -0.2) is 0 Å². The maximum absolute atomic E-state index is 11.6. The lowest BCUT2D eigenvalue weighted by atomic mass is 10.2. The Morgan fingerprint density at radius 2 is 2.06 bits per heavy atom. The molecule has 0 radical (unpaired) electrons. The minimum absolute atomic E-state index is 0.357. The van der Waals surface area contributed by atoms with Crippen LogP contribution in [0.1, 0.15) is 19.4 Å². The average molecular weight is 232 g/mol. The van der Waals surface area contributed by atoms with Crippen LogP contribution in [0.2, 0.25) is 0 Å². The standard InChI is InChI=1S/C12H12N2O3/c1-8(17-9(2)15)12(16)14-11-6-4-3-5-10(11)7-13/h3-6,8H,1-2H3,(H,14,16)/t8-/m1/s1. The fourth-order valence-corrected chi connectivity index (χ4v) is 1.23. The maximum atomic E-state index is 11.6. The van der Waals surface area contributed by atoms with Gasteiger partial charge in [0, 0.05) is 6.92 Å². The molecule has 88 valence electrons. The summed E-state index contributed by atoms with van der Waals surface area (Å²) < 4.78 is 4.72. The molecule has 5 nitrogen and oxygen atoms in total. The van der Waals surface area contributed by atoms with E-state index < -0.39 is 18.0 Å². The number of nitrogens with zero attached hydrogens (tertiary/aromatic N) is 1. The van der Waals surface area contributed by atoms with E-state index in [0.717, 1.165) is 0 Å². The summed E-state index contributed by atoms with van der Waals surface area (Å²) in [5.74, 6) is -0.996. The van der Waals surface area contributed by atoms with Gasteiger partial charge < -0.3 is 10.1 Å². The van der Waals surface area contributed by atoms with E-state index in [1.54, 1.807) is 24.3 Å². The summed E-state index contributed by atoms with van der Waals surface area (Å²) in [5, 5.41) is 11.4. The number of hydrogen-bond donors (Lipinski definition) is 1. The number of esters is 1. The van der Waals surface area contributed by atoms with Gasteiger partial charge in [-0.15, -0.1) is 0 Å². The van der Waals surface area contributed by atoms with E-state index in [2.05, 4.69) is 5.32 Å². The topological polar surface area (TPSA) is 79.2 Å². The summed E-state index contributed by atoms with van der Waals surface area (Å²) in [6, 6.07) is 8.56. The van der Waals surface area contributed by atoms with Crippen LogP contribution in [0, 0.1) is 11.3 Å². The molecular weight excluding hydrogens is 220 g/mol. The molecule has 0 aliphatic carbocycles. The molecule has 0 bridgehead atoms. The summed E-state index contributed by atoms with van der Waals surface area (Å²) >= 11 is 0. The number of ether oxygens (including phenoxy) is 1. The van der Waals surface area contributed by atoms with E-state index in [1.807, 2.05) is 6.07 Å². The molecule has 1 aromatic rings. The third-order valence-electron chi connectivity index (χ3n) is 2.02. The summed E-state index contributed by atoms with van der Waals surface area (Å²) in [6.45, 7) is 2.69. The van der Waals surface area contributed by atoms with Crippen molar-refractivity contribution < 1.29 is 14.3 Å². The van der Waals surface area contributed by atoms with Crippen molar-refractivity contribution >= 4 is 17.6 Å². The molecule has 0 fully saturated rings. The number of nitriles is 1. The first-order valence-electron chi connectivity index (χ1n) is 5.02. The highest BCUT2D eigenvalue weighted by atomic mass is 16.5. The highest BCUT2D eigenvalue weighted by Gasteiger charge is 2.16. The van der Waals surface area contributed by atoms with Crippen LogP contribution < -0.4 is 5.32 Å². The first kappa shape index (κ1) is 12.7. The Kier molecular flexibility index (Phi) is 4.23. The number of carbonyl (C=O) groups excluding carboxylic acids is 2. The SMILES string of the molecule is CC(=O)O[C@H](C)C(=O)Nc1ccccc1C#N. The molecule has 1 atom stereocenters. The summed E-state index contributed by atoms with van der Waals surface area (Å²) in [5.41, 5.74) is 0.759. The summed E-state index contributed by atoms with van der Waals surface area (Å²) in [4.78, 5) is 22.3. The van der Waals surface area contributed by atoms with Crippen molar-refractivity contribution in [3.05, 3.63) is 29.8 Å². The highest BCUT2D eigenvalue weighted by Crippen LogP contribution is 2.14. The Labute approximate surface area is 99.0 Å². The Bertz CT molecular complexity index is 477. The smallest absolute Gasteiger partial charge is 0.303 e. The fourth-order valence-electron chi connectivity index (χ4n) is 1.23. The zero-order valence-electron chi connectivity index (χ0n) is 9.56. The van der Waals surface area contributed by atoms with Crippen LogP contribution in [0.25, 0.3) is 0 Å². The number of para-hydroxylation sites is 1. The monoisotopic (exact) mass is 232 g/mol. The van der Waals surface area contributed by atoms with Crippen LogP contribution in [-0.4, -0.2) is 18.0 Å². The number of nitrogens with one attached hydrogen (secondary N) is 1. The number of hydrogen-bond acceptors (Lipinski definition) is 4. The molecule has 0 aliphatic rings. The van der Waals surface area contributed by atoms with Crippen molar-refractivity contribution in [3.8, 4) is 6.07 Å². The number of anilines is 1. The van der Waals surface area contributed by atoms with Gasteiger partial charge in [-0.1, -0.05) is 12.1 Å². The molecule has 0 unspecified atom stereocenters. The molecule has 0 aromatic heterocycles. The lowest BCUT2D eigenvalue weighted by Crippen LogP contribution is -2.29. The van der Waals surface area contributed by atoms with Crippen molar-refractivity contribution in [2.45, 2.75) is 20.0 Å². The molecular formula is C12H12N2O3. The fraction of sp³-hybridized carbons (Fsp3) is 0.250. The number of rotatable bonds is 3. The van der Waals surface area contributed by atoms with E-state index in [4.69, 9.17) is 10.00 Å². The molecule has 17 heavy (non-hydrogen) atoms. The Morgan fingerprint density at radius 3 is 2.65 bits per heavy atom. The third kappa shape index (κ3) is 3.61. The van der Waals surface area contributed by atoms with Gasteiger partial charge in [-0.05, 0) is 19.1 Å². The molecule has 0 spiro atoms. The number of carbonyl (C=O) groups is 2. The van der Waals surface area contributed by atoms with Gasteiger partial charge in [-0.3, -0.25) is 9.59 Å². The van der Waals surface area contributed by atoms with Crippen LogP contribution in [-0.2, 0) is 14.3 Å². The summed E-state index contributed by atoms with van der Waals surface area (Å²) in [6.07, 6.45) is -0.890. The predicted molar refractivity (Wildman–Crippen MR) is 61.0 cm³/mol. The van der Waals surface area contributed by atoms with Gasteiger partial charge in [0.2, 0.25) is 0 Å². The van der Waals surface area contributed by atoms with Crippen molar-refractivity contribution in [1.29, 1.82) is 5.26 Å². The molecule has 0 aliphatic heterocycles. The Hall–Kier alpha value is -2.35. The van der Waals surface area contributed by atoms with Gasteiger partial charge in [0.05, 0.1) is 11.3 Å². The first-order chi connectivity index (χ1) is 8.04. The Morgan fingerprint density at radius 1 is 1.41 bits per heavy atom. The quantitative estimate of drug-likeness (QED) is 0.800. The number of amides is 1. The van der Waals surface area contributed by atoms with Crippen LogP contribution in [0.15, 0.2) is 24.3 Å². The highest BCUT2D eigenvalue weighted by molar-refractivity contribution is 5.95. The largest absolute Gasteiger partial charge is 0.453 e. The van der Waals surface area contributed by atoms with Crippen molar-refractivity contribution in [2.75, 3.05) is 5.32 Å². The molecule has 1 aromatic carbocycles. The Balaban J connectivity index is 2.75. The average Bonchev–Trinajstić information content (AvgIpc) is 2.28. The van der Waals surface area contributed by atoms with Gasteiger partial charge >= 0.3 is 5.97 Å². The lowest BCUT2D eigenvalue weighted by molar-refractivity contribution is -0.150. The van der Waals surface area contributed by atoms with E-state index in [9.17, 15) is 9.59 Å². The van der Waals surface area contributed by atoms with Gasteiger partial charge in [0.25, 0.3) is 5.91 Å². The van der Waals surface area contributed by atoms with Gasteiger partial charge in [-0.2, -0.15) is 5.26 Å². The molecule has 5 heteroatoms. The van der Waals surface area contributed by atoms with E-state index in [0.29, 0.717) is 11.3 Å². The molecule has 0 heterocycles. The second-order valence-electron chi connectivity index (χ2n) is 3.40. The van der Waals surface area contributed by atoms with E-state index in [1.165, 1.54) is 13.8 Å². The molecule has 0 saturated carbocycles. The van der Waals surface area contributed by atoms with Crippen molar-refractivity contribution in [3.63, 3.8) is 0 Å². The molecule has 1 rings (SSSR count). The normalized spacial score (nSPS) is 11.1. The molecule has 1 N–H and O–H groups in total. The second-order valence-corrected chi connectivity index (χ2v) is 3.40. The lowest BCUT2D eigenvalue weighted by Gasteiger charge is -2.12. The zero-order valence-corrected chi connectivity index (χ0v) is 9.56. The van der Waals surface area contributed by atoms with Gasteiger partial charge in [0.15, 0.2) is 6.10 Å². The van der Waals surface area contributed by atoms with Crippen LogP contribution in [0.5, 0.6) is 0 Å². The summed E-state index contributed by atoms with van der Waals surface area (Å²) in [7, 11) is 0. The van der Waals surface area contributed by atoms with Crippen LogP contribution in [0.3, 0.4) is 0 Å².